The van der Waals surface area contributed by atoms with Crippen LogP contribution in [0, 0.1) is 0 Å². The Morgan fingerprint density at radius 2 is 1.42 bits per heavy atom. The molecule has 0 aliphatic carbocycles. The van der Waals surface area contributed by atoms with Crippen LogP contribution in [0.4, 0.5) is 16.2 Å². The number of hydrogen-bond acceptors (Lipinski definition) is 6. The molecule has 2 fully saturated rings. The number of ketones is 1. The lowest BCUT2D eigenvalue weighted by Gasteiger charge is -2.39. The van der Waals surface area contributed by atoms with Gasteiger partial charge in [-0.15, -0.1) is 0 Å². The molecule has 10 heteroatoms. The SMILES string of the molecule is CC(O)CN1C(=O)C(=O)/C(=C(/O)c2ccc(Br)cc2)C12C(=O)N(c1ccccc1)C(=O)N2c1ccccc1. The quantitative estimate of drug-likeness (QED) is 0.206. The van der Waals surface area contributed by atoms with Crippen molar-refractivity contribution in [1.29, 1.82) is 0 Å². The fourth-order valence-electron chi connectivity index (χ4n) is 4.88. The number of Topliss-reactive ketones (excluding diaryl/α,β-unsaturated/α-hetero) is 1. The Balaban J connectivity index is 1.88. The molecule has 1 spiro atoms. The largest absolute Gasteiger partial charge is 0.507 e. The van der Waals surface area contributed by atoms with Crippen molar-refractivity contribution >= 4 is 56.7 Å². The van der Waals surface area contributed by atoms with Crippen LogP contribution in [0.1, 0.15) is 12.5 Å². The Morgan fingerprint density at radius 3 is 1.97 bits per heavy atom. The Hall–Kier alpha value is -4.28. The number of benzene rings is 3. The molecule has 2 heterocycles. The minimum atomic E-state index is -2.39. The fourth-order valence-corrected chi connectivity index (χ4v) is 5.15. The number of carbonyl (C=O) groups excluding carboxylic acids is 4. The molecule has 9 nitrogen and oxygen atoms in total. The number of rotatable bonds is 5. The summed E-state index contributed by atoms with van der Waals surface area (Å²) in [7, 11) is 0. The summed E-state index contributed by atoms with van der Waals surface area (Å²) in [6.07, 6.45) is -1.16. The summed E-state index contributed by atoms with van der Waals surface area (Å²) in [5.41, 5.74) is -2.37. The number of β-amino-alcohol motifs (C(OH)–C–C–N with tert-alkyl or cyclic N) is 1. The highest BCUT2D eigenvalue weighted by Gasteiger charge is 2.72. The summed E-state index contributed by atoms with van der Waals surface area (Å²) >= 11 is 3.32. The second-order valence-corrected chi connectivity index (χ2v) is 9.84. The number of aliphatic hydroxyl groups excluding tert-OH is 2. The van der Waals surface area contributed by atoms with Crippen LogP contribution in [0.15, 0.2) is 95.0 Å². The van der Waals surface area contributed by atoms with Crippen molar-refractivity contribution in [2.75, 3.05) is 16.3 Å². The van der Waals surface area contributed by atoms with Crippen LogP contribution in [-0.4, -0.2) is 57.1 Å². The van der Waals surface area contributed by atoms with E-state index >= 15 is 0 Å². The number of halogens is 1. The van der Waals surface area contributed by atoms with Crippen LogP contribution in [0.5, 0.6) is 0 Å². The summed E-state index contributed by atoms with van der Waals surface area (Å²) < 4.78 is 0.701. The van der Waals surface area contributed by atoms with Gasteiger partial charge in [0, 0.05) is 22.3 Å². The molecule has 2 N–H and O–H groups in total. The van der Waals surface area contributed by atoms with Crippen LogP contribution < -0.4 is 9.80 Å². The summed E-state index contributed by atoms with van der Waals surface area (Å²) in [5, 5.41) is 21.8. The zero-order valence-electron chi connectivity index (χ0n) is 20.1. The van der Waals surface area contributed by atoms with Gasteiger partial charge >= 0.3 is 6.03 Å². The number of amides is 4. The van der Waals surface area contributed by atoms with Gasteiger partial charge < -0.3 is 10.2 Å². The Labute approximate surface area is 226 Å². The van der Waals surface area contributed by atoms with Crippen molar-refractivity contribution in [1.82, 2.24) is 4.90 Å². The van der Waals surface area contributed by atoms with E-state index in [-0.39, 0.29) is 16.9 Å². The first-order valence-electron chi connectivity index (χ1n) is 11.7. The molecule has 0 bridgehead atoms. The lowest BCUT2D eigenvalue weighted by molar-refractivity contribution is -0.144. The van der Waals surface area contributed by atoms with Crippen LogP contribution >= 0.6 is 15.9 Å². The van der Waals surface area contributed by atoms with E-state index in [1.165, 1.54) is 19.1 Å². The van der Waals surface area contributed by atoms with Gasteiger partial charge in [0.1, 0.15) is 11.3 Å². The van der Waals surface area contributed by atoms with Gasteiger partial charge in [-0.3, -0.25) is 24.2 Å². The van der Waals surface area contributed by atoms with Crippen LogP contribution in [0.25, 0.3) is 5.76 Å². The molecule has 0 aromatic heterocycles. The predicted octanol–water partition coefficient (Wildman–Crippen LogP) is 3.88. The third-order valence-corrected chi connectivity index (χ3v) is 6.97. The van der Waals surface area contributed by atoms with E-state index in [1.54, 1.807) is 72.8 Å². The van der Waals surface area contributed by atoms with E-state index in [0.29, 0.717) is 4.47 Å². The van der Waals surface area contributed by atoms with Gasteiger partial charge in [-0.05, 0) is 43.3 Å². The maximum absolute atomic E-state index is 14.5. The van der Waals surface area contributed by atoms with Gasteiger partial charge in [0.25, 0.3) is 17.6 Å². The highest BCUT2D eigenvalue weighted by molar-refractivity contribution is 9.10. The van der Waals surface area contributed by atoms with E-state index in [1.807, 2.05) is 0 Å². The van der Waals surface area contributed by atoms with Crippen molar-refractivity contribution in [3.8, 4) is 0 Å². The molecule has 0 saturated carbocycles. The van der Waals surface area contributed by atoms with Gasteiger partial charge in [0.2, 0.25) is 5.66 Å². The fraction of sp³-hybridized carbons (Fsp3) is 0.143. The Morgan fingerprint density at radius 1 is 0.868 bits per heavy atom. The second kappa shape index (κ2) is 9.55. The van der Waals surface area contributed by atoms with Gasteiger partial charge in [-0.2, -0.15) is 0 Å². The Bertz CT molecular complexity index is 1470. The molecule has 2 aliphatic heterocycles. The van der Waals surface area contributed by atoms with E-state index < -0.39 is 53.3 Å². The maximum Gasteiger partial charge on any atom is 0.338 e. The first-order valence-corrected chi connectivity index (χ1v) is 12.5. The average molecular weight is 576 g/mol. The monoisotopic (exact) mass is 575 g/mol. The summed E-state index contributed by atoms with van der Waals surface area (Å²) in [6.45, 7) is 0.942. The van der Waals surface area contributed by atoms with E-state index in [0.717, 1.165) is 14.7 Å². The Kier molecular flexibility index (Phi) is 6.38. The van der Waals surface area contributed by atoms with E-state index in [9.17, 15) is 29.4 Å². The molecule has 4 amide bonds. The predicted molar refractivity (Wildman–Crippen MR) is 143 cm³/mol. The van der Waals surface area contributed by atoms with E-state index in [2.05, 4.69) is 15.9 Å². The maximum atomic E-state index is 14.5. The molecule has 3 aromatic rings. The van der Waals surface area contributed by atoms with Crippen LogP contribution in [-0.2, 0) is 14.4 Å². The molecular formula is C28H22BrN3O6. The van der Waals surface area contributed by atoms with Crippen LogP contribution in [0.3, 0.4) is 0 Å². The van der Waals surface area contributed by atoms with Gasteiger partial charge in [0.15, 0.2) is 0 Å². The number of likely N-dealkylation sites (tertiary alicyclic amines) is 1. The summed E-state index contributed by atoms with van der Waals surface area (Å²) in [6, 6.07) is 21.7. The highest BCUT2D eigenvalue weighted by atomic mass is 79.9. The molecule has 2 atom stereocenters. The second-order valence-electron chi connectivity index (χ2n) is 8.93. The van der Waals surface area contributed by atoms with E-state index in [4.69, 9.17) is 0 Å². The third-order valence-electron chi connectivity index (χ3n) is 6.44. The molecule has 192 valence electrons. The van der Waals surface area contributed by atoms with Gasteiger partial charge in [0.05, 0.1) is 11.8 Å². The molecule has 5 rings (SSSR count). The van der Waals surface area contributed by atoms with Gasteiger partial charge in [-0.1, -0.05) is 64.5 Å². The minimum Gasteiger partial charge on any atom is -0.507 e. The molecular weight excluding hydrogens is 554 g/mol. The summed E-state index contributed by atoms with van der Waals surface area (Å²) in [5.74, 6) is -3.83. The zero-order chi connectivity index (χ0) is 27.2. The van der Waals surface area contributed by atoms with Crippen molar-refractivity contribution in [3.05, 3.63) is 101 Å². The molecule has 3 aromatic carbocycles. The first-order chi connectivity index (χ1) is 18.2. The minimum absolute atomic E-state index is 0.161. The number of carbonyl (C=O) groups is 4. The number of urea groups is 1. The number of aliphatic hydroxyl groups is 2. The lowest BCUT2D eigenvalue weighted by atomic mass is 9.92. The zero-order valence-corrected chi connectivity index (χ0v) is 21.7. The topological polar surface area (TPSA) is 118 Å². The molecule has 2 saturated heterocycles. The third kappa shape index (κ3) is 3.72. The van der Waals surface area contributed by atoms with Crippen molar-refractivity contribution < 1.29 is 29.4 Å². The normalized spacial score (nSPS) is 21.6. The number of para-hydroxylation sites is 2. The smallest absolute Gasteiger partial charge is 0.338 e. The van der Waals surface area contributed by atoms with Gasteiger partial charge in [-0.25, -0.2) is 9.69 Å². The number of imide groups is 1. The number of nitrogens with zero attached hydrogens (tertiary/aromatic N) is 3. The summed E-state index contributed by atoms with van der Waals surface area (Å²) in [4.78, 5) is 58.4. The molecule has 2 aliphatic rings. The highest BCUT2D eigenvalue weighted by Crippen LogP contribution is 2.48. The first kappa shape index (κ1) is 25.4. The number of hydrogen-bond donors (Lipinski definition) is 2. The van der Waals surface area contributed by atoms with Crippen molar-refractivity contribution in [3.63, 3.8) is 0 Å². The number of anilines is 2. The molecule has 2 unspecified atom stereocenters. The lowest BCUT2D eigenvalue weighted by Crippen LogP contribution is -2.62. The average Bonchev–Trinajstić information content (AvgIpc) is 3.26. The van der Waals surface area contributed by atoms with Crippen molar-refractivity contribution in [2.45, 2.75) is 18.7 Å². The van der Waals surface area contributed by atoms with Crippen molar-refractivity contribution in [2.24, 2.45) is 0 Å². The standard InChI is InChI=1S/C28H22BrN3O6/c1-17(33)16-30-25(36)24(35)22(23(34)18-12-14-19(29)15-13-18)28(30)26(37)31(20-8-4-2-5-9-20)27(38)32(28)21-10-6-3-7-11-21/h2-15,17,33-34H,16H2,1H3/b23-22-. The molecule has 0 radical (unpaired) electrons. The molecule has 38 heavy (non-hydrogen) atoms. The van der Waals surface area contributed by atoms with Crippen LogP contribution in [0.2, 0.25) is 0 Å².